The second kappa shape index (κ2) is 4.85. The molecular formula is C17H12FN5. The fourth-order valence-electron chi connectivity index (χ4n) is 2.90. The van der Waals surface area contributed by atoms with Crippen molar-refractivity contribution in [3.8, 4) is 6.07 Å². The lowest BCUT2D eigenvalue weighted by Gasteiger charge is -2.26. The predicted molar refractivity (Wildman–Crippen MR) is 85.5 cm³/mol. The monoisotopic (exact) mass is 305 g/mol. The fourth-order valence-corrected chi connectivity index (χ4v) is 2.90. The minimum absolute atomic E-state index is 0.267. The van der Waals surface area contributed by atoms with Gasteiger partial charge in [-0.05, 0) is 18.2 Å². The van der Waals surface area contributed by atoms with E-state index >= 15 is 0 Å². The van der Waals surface area contributed by atoms with Crippen LogP contribution in [0.1, 0.15) is 11.6 Å². The third-order valence-corrected chi connectivity index (χ3v) is 3.98. The van der Waals surface area contributed by atoms with Gasteiger partial charge >= 0.3 is 0 Å². The zero-order valence-corrected chi connectivity index (χ0v) is 12.0. The molecule has 1 atom stereocenters. The number of nitrogens with zero attached hydrogens (tertiary/aromatic N) is 3. The van der Waals surface area contributed by atoms with Gasteiger partial charge in [-0.15, -0.1) is 0 Å². The summed E-state index contributed by atoms with van der Waals surface area (Å²) in [6.45, 7) is 0. The fraction of sp³-hybridized carbons (Fsp3) is 0.0588. The molecular weight excluding hydrogens is 293 g/mol. The van der Waals surface area contributed by atoms with E-state index in [-0.39, 0.29) is 11.4 Å². The van der Waals surface area contributed by atoms with Gasteiger partial charge in [-0.2, -0.15) is 5.26 Å². The Balaban J connectivity index is 1.97. The van der Waals surface area contributed by atoms with Crippen LogP contribution in [0.3, 0.4) is 0 Å². The Labute approximate surface area is 131 Å². The number of hydrogen-bond acceptors (Lipinski definition) is 4. The number of aromatic nitrogens is 2. The molecule has 0 radical (unpaired) electrons. The number of nitrogens with one attached hydrogen (secondary N) is 1. The molecule has 3 N–H and O–H groups in total. The molecule has 5 nitrogen and oxygen atoms in total. The Morgan fingerprint density at radius 2 is 1.91 bits per heavy atom. The Morgan fingerprint density at radius 1 is 1.17 bits per heavy atom. The molecule has 6 heteroatoms. The van der Waals surface area contributed by atoms with Crippen LogP contribution in [0.15, 0.2) is 54.1 Å². The number of nitrogens with two attached hydrogens (primary N) is 1. The molecule has 23 heavy (non-hydrogen) atoms. The van der Waals surface area contributed by atoms with E-state index in [2.05, 4.69) is 16.4 Å². The van der Waals surface area contributed by atoms with Crippen molar-refractivity contribution >= 4 is 22.8 Å². The number of para-hydroxylation sites is 2. The first-order valence-electron chi connectivity index (χ1n) is 7.09. The van der Waals surface area contributed by atoms with E-state index in [1.54, 1.807) is 22.8 Å². The number of anilines is 1. The van der Waals surface area contributed by atoms with E-state index in [1.165, 1.54) is 6.07 Å². The van der Waals surface area contributed by atoms with Gasteiger partial charge in [-0.25, -0.2) is 9.37 Å². The van der Waals surface area contributed by atoms with Gasteiger partial charge in [0.1, 0.15) is 17.7 Å². The van der Waals surface area contributed by atoms with Crippen LogP contribution in [-0.4, -0.2) is 9.55 Å². The average molecular weight is 305 g/mol. The van der Waals surface area contributed by atoms with Crippen LogP contribution in [0.2, 0.25) is 0 Å². The SMILES string of the molecule is N#CC1=C(N)n2c(nc3ccccc32)NC1c1ccccc1F. The summed E-state index contributed by atoms with van der Waals surface area (Å²) < 4.78 is 15.8. The van der Waals surface area contributed by atoms with E-state index in [4.69, 9.17) is 5.73 Å². The highest BCUT2D eigenvalue weighted by atomic mass is 19.1. The highest BCUT2D eigenvalue weighted by molar-refractivity contribution is 5.85. The third kappa shape index (κ3) is 1.87. The number of hydrogen-bond donors (Lipinski definition) is 2. The summed E-state index contributed by atoms with van der Waals surface area (Å²) >= 11 is 0. The summed E-state index contributed by atoms with van der Waals surface area (Å²) in [4.78, 5) is 4.48. The van der Waals surface area contributed by atoms with Crippen molar-refractivity contribution in [3.05, 3.63) is 65.5 Å². The van der Waals surface area contributed by atoms with Crippen molar-refractivity contribution in [1.29, 1.82) is 5.26 Å². The second-order valence-electron chi connectivity index (χ2n) is 5.27. The molecule has 0 spiro atoms. The minimum atomic E-state index is -0.662. The van der Waals surface area contributed by atoms with Crippen LogP contribution >= 0.6 is 0 Å². The molecule has 0 fully saturated rings. The van der Waals surface area contributed by atoms with Gasteiger partial charge in [0.05, 0.1) is 22.6 Å². The largest absolute Gasteiger partial charge is 0.384 e. The molecule has 0 saturated heterocycles. The van der Waals surface area contributed by atoms with Crippen LogP contribution in [0, 0.1) is 17.1 Å². The molecule has 0 bridgehead atoms. The van der Waals surface area contributed by atoms with E-state index < -0.39 is 11.9 Å². The van der Waals surface area contributed by atoms with Crippen LogP contribution in [0.25, 0.3) is 16.9 Å². The number of halogens is 1. The predicted octanol–water partition coefficient (Wildman–Crippen LogP) is 2.99. The molecule has 112 valence electrons. The van der Waals surface area contributed by atoms with Crippen molar-refractivity contribution < 1.29 is 4.39 Å². The number of benzene rings is 2. The second-order valence-corrected chi connectivity index (χ2v) is 5.27. The number of fused-ring (bicyclic) bond motifs is 3. The molecule has 0 saturated carbocycles. The summed E-state index contributed by atoms with van der Waals surface area (Å²) in [5, 5.41) is 12.7. The lowest BCUT2D eigenvalue weighted by atomic mass is 9.97. The normalized spacial score (nSPS) is 16.8. The Morgan fingerprint density at radius 3 is 2.70 bits per heavy atom. The highest BCUT2D eigenvalue weighted by Crippen LogP contribution is 2.36. The topological polar surface area (TPSA) is 79.7 Å². The standard InChI is InChI=1S/C17H12FN5/c18-12-6-2-1-5-10(12)15-11(9-19)16(20)23-14-8-4-3-7-13(14)21-17(23)22-15/h1-8,15H,20H2,(H,21,22). The maximum atomic E-state index is 14.2. The summed E-state index contributed by atoms with van der Waals surface area (Å²) in [6, 6.07) is 15.3. The maximum Gasteiger partial charge on any atom is 0.210 e. The first-order valence-corrected chi connectivity index (χ1v) is 7.09. The molecule has 1 aromatic heterocycles. The van der Waals surface area contributed by atoms with E-state index in [0.717, 1.165) is 11.0 Å². The summed E-state index contributed by atoms with van der Waals surface area (Å²) in [6.07, 6.45) is 0. The molecule has 0 aliphatic carbocycles. The smallest absolute Gasteiger partial charge is 0.210 e. The highest BCUT2D eigenvalue weighted by Gasteiger charge is 2.30. The first-order chi connectivity index (χ1) is 11.2. The minimum Gasteiger partial charge on any atom is -0.384 e. The van der Waals surface area contributed by atoms with Crippen molar-refractivity contribution in [2.45, 2.75) is 6.04 Å². The van der Waals surface area contributed by atoms with Gasteiger partial charge in [0, 0.05) is 5.56 Å². The van der Waals surface area contributed by atoms with Gasteiger partial charge in [0.25, 0.3) is 0 Å². The van der Waals surface area contributed by atoms with Crippen molar-refractivity contribution in [3.63, 3.8) is 0 Å². The number of imidazole rings is 1. The molecule has 0 amide bonds. The zero-order chi connectivity index (χ0) is 16.0. The Hall–Kier alpha value is -3.33. The van der Waals surface area contributed by atoms with E-state index in [9.17, 15) is 9.65 Å². The number of rotatable bonds is 1. The van der Waals surface area contributed by atoms with Crippen LogP contribution in [0.4, 0.5) is 10.3 Å². The van der Waals surface area contributed by atoms with Crippen LogP contribution in [-0.2, 0) is 0 Å². The van der Waals surface area contributed by atoms with E-state index in [1.807, 2.05) is 24.3 Å². The van der Waals surface area contributed by atoms with Gasteiger partial charge in [-0.3, -0.25) is 4.57 Å². The lowest BCUT2D eigenvalue weighted by Crippen LogP contribution is -2.26. The van der Waals surface area contributed by atoms with Gasteiger partial charge < -0.3 is 11.1 Å². The molecule has 1 unspecified atom stereocenters. The van der Waals surface area contributed by atoms with Gasteiger partial charge in [0.2, 0.25) is 5.95 Å². The van der Waals surface area contributed by atoms with Crippen molar-refractivity contribution in [2.24, 2.45) is 5.73 Å². The Bertz CT molecular complexity index is 996. The molecule has 1 aliphatic heterocycles. The molecule has 1 aliphatic rings. The van der Waals surface area contributed by atoms with Crippen LogP contribution < -0.4 is 11.1 Å². The molecule has 4 rings (SSSR count). The summed E-state index contributed by atoms with van der Waals surface area (Å²) in [5.74, 6) is 0.370. The van der Waals surface area contributed by atoms with Gasteiger partial charge in [-0.1, -0.05) is 30.3 Å². The third-order valence-electron chi connectivity index (χ3n) is 3.98. The van der Waals surface area contributed by atoms with E-state index in [0.29, 0.717) is 11.5 Å². The summed E-state index contributed by atoms with van der Waals surface area (Å²) in [7, 11) is 0. The molecule has 2 aromatic carbocycles. The average Bonchev–Trinajstić information content (AvgIpc) is 2.93. The quantitative estimate of drug-likeness (QED) is 0.724. The Kier molecular flexibility index (Phi) is 2.81. The zero-order valence-electron chi connectivity index (χ0n) is 12.0. The molecule has 2 heterocycles. The first kappa shape index (κ1) is 13.3. The number of nitriles is 1. The maximum absolute atomic E-state index is 14.2. The van der Waals surface area contributed by atoms with Crippen molar-refractivity contribution in [2.75, 3.05) is 5.32 Å². The van der Waals surface area contributed by atoms with Crippen LogP contribution in [0.5, 0.6) is 0 Å². The van der Waals surface area contributed by atoms with Crippen molar-refractivity contribution in [1.82, 2.24) is 9.55 Å². The molecule has 3 aromatic rings. The lowest BCUT2D eigenvalue weighted by molar-refractivity contribution is 0.603. The summed E-state index contributed by atoms with van der Waals surface area (Å²) in [5.41, 5.74) is 8.39. The van der Waals surface area contributed by atoms with Gasteiger partial charge in [0.15, 0.2) is 0 Å².